The molecule has 0 aromatic heterocycles. The summed E-state index contributed by atoms with van der Waals surface area (Å²) < 4.78 is 13.1. The smallest absolute Gasteiger partial charge is 0.239 e. The van der Waals surface area contributed by atoms with E-state index in [1.165, 1.54) is 4.90 Å². The molecule has 1 saturated carbocycles. The number of carbonyl (C=O) groups excluding carboxylic acids is 2. The van der Waals surface area contributed by atoms with E-state index in [4.69, 9.17) is 11.5 Å². The number of hydrogen-bond acceptors (Lipinski definition) is 3. The zero-order chi connectivity index (χ0) is 14.0. The number of primary amides is 1. The van der Waals surface area contributed by atoms with Crippen LogP contribution < -0.4 is 11.5 Å². The number of halogens is 2. The van der Waals surface area contributed by atoms with E-state index in [1.54, 1.807) is 0 Å². The zero-order valence-electron chi connectivity index (χ0n) is 11.5. The van der Waals surface area contributed by atoms with Crippen LogP contribution in [-0.4, -0.2) is 42.0 Å². The molecule has 7 heteroatoms. The SMILES string of the molecule is Cl.NC(=O)[C@H]1CC[C@H]([C@H](N)C(=O)N2CC[C@@H](F)C2)CC1. The summed E-state index contributed by atoms with van der Waals surface area (Å²) in [6.45, 7) is 0.632. The number of nitrogens with two attached hydrogens (primary N) is 2. The molecule has 1 aliphatic carbocycles. The second-order valence-electron chi connectivity index (χ2n) is 5.71. The Morgan fingerprint density at radius 3 is 2.20 bits per heavy atom. The van der Waals surface area contributed by atoms with Crippen molar-refractivity contribution in [3.8, 4) is 0 Å². The van der Waals surface area contributed by atoms with Crippen molar-refractivity contribution in [2.75, 3.05) is 13.1 Å². The highest BCUT2D eigenvalue weighted by atomic mass is 35.5. The summed E-state index contributed by atoms with van der Waals surface area (Å²) in [4.78, 5) is 24.8. The van der Waals surface area contributed by atoms with Gasteiger partial charge >= 0.3 is 0 Å². The summed E-state index contributed by atoms with van der Waals surface area (Å²) in [5.74, 6) is -0.414. The molecule has 0 aromatic rings. The highest BCUT2D eigenvalue weighted by Gasteiger charge is 2.35. The molecule has 1 saturated heterocycles. The Balaban J connectivity index is 0.00000200. The minimum Gasteiger partial charge on any atom is -0.369 e. The highest BCUT2D eigenvalue weighted by molar-refractivity contribution is 5.85. The number of rotatable bonds is 3. The van der Waals surface area contributed by atoms with Crippen molar-refractivity contribution < 1.29 is 14.0 Å². The van der Waals surface area contributed by atoms with E-state index in [0.29, 0.717) is 25.8 Å². The van der Waals surface area contributed by atoms with Gasteiger partial charge in [0.1, 0.15) is 6.17 Å². The lowest BCUT2D eigenvalue weighted by molar-refractivity contribution is -0.133. The van der Waals surface area contributed by atoms with Crippen LogP contribution in [0.2, 0.25) is 0 Å². The molecule has 2 atom stereocenters. The first-order chi connectivity index (χ1) is 8.99. The van der Waals surface area contributed by atoms with Gasteiger partial charge in [-0.1, -0.05) is 0 Å². The van der Waals surface area contributed by atoms with Gasteiger partial charge in [0.05, 0.1) is 12.6 Å². The summed E-state index contributed by atoms with van der Waals surface area (Å²) in [7, 11) is 0. The molecular weight excluding hydrogens is 285 g/mol. The molecule has 116 valence electrons. The minimum atomic E-state index is -0.915. The Labute approximate surface area is 124 Å². The molecule has 0 aromatic carbocycles. The van der Waals surface area contributed by atoms with Crippen molar-refractivity contribution >= 4 is 24.2 Å². The summed E-state index contributed by atoms with van der Waals surface area (Å²) in [6.07, 6.45) is 2.38. The molecule has 0 unspecified atom stereocenters. The third kappa shape index (κ3) is 3.82. The molecule has 0 bridgehead atoms. The molecule has 0 spiro atoms. The van der Waals surface area contributed by atoms with E-state index >= 15 is 0 Å². The van der Waals surface area contributed by atoms with Crippen LogP contribution in [0.1, 0.15) is 32.1 Å². The summed E-state index contributed by atoms with van der Waals surface area (Å²) in [6, 6.07) is -0.570. The third-order valence-electron chi connectivity index (χ3n) is 4.41. The van der Waals surface area contributed by atoms with Gasteiger partial charge in [-0.05, 0) is 38.0 Å². The fourth-order valence-corrected chi connectivity index (χ4v) is 3.09. The molecule has 5 nitrogen and oxygen atoms in total. The Kier molecular flexibility index (Phi) is 6.20. The van der Waals surface area contributed by atoms with Crippen molar-refractivity contribution in [2.45, 2.75) is 44.3 Å². The highest BCUT2D eigenvalue weighted by Crippen LogP contribution is 2.31. The molecule has 2 amide bonds. The van der Waals surface area contributed by atoms with E-state index in [1.807, 2.05) is 0 Å². The van der Waals surface area contributed by atoms with E-state index in [0.717, 1.165) is 12.8 Å². The summed E-state index contributed by atoms with van der Waals surface area (Å²) in [5.41, 5.74) is 11.3. The van der Waals surface area contributed by atoms with Gasteiger partial charge in [-0.15, -0.1) is 12.4 Å². The van der Waals surface area contributed by atoms with Crippen molar-refractivity contribution in [1.29, 1.82) is 0 Å². The van der Waals surface area contributed by atoms with Gasteiger partial charge in [0.2, 0.25) is 11.8 Å². The van der Waals surface area contributed by atoms with E-state index in [9.17, 15) is 14.0 Å². The molecular formula is C13H23ClFN3O2. The lowest BCUT2D eigenvalue weighted by Crippen LogP contribution is -2.48. The lowest BCUT2D eigenvalue weighted by atomic mass is 9.78. The molecule has 20 heavy (non-hydrogen) atoms. The van der Waals surface area contributed by atoms with Crippen molar-refractivity contribution in [3.63, 3.8) is 0 Å². The van der Waals surface area contributed by atoms with Gasteiger partial charge in [-0.2, -0.15) is 0 Å². The molecule has 0 radical (unpaired) electrons. The first kappa shape index (κ1) is 17.2. The molecule has 2 rings (SSSR count). The maximum absolute atomic E-state index is 13.1. The first-order valence-electron chi connectivity index (χ1n) is 6.96. The topological polar surface area (TPSA) is 89.4 Å². The van der Waals surface area contributed by atoms with Crippen LogP contribution in [0, 0.1) is 11.8 Å². The number of likely N-dealkylation sites (tertiary alicyclic amines) is 1. The number of hydrogen-bond donors (Lipinski definition) is 2. The Morgan fingerprint density at radius 1 is 1.15 bits per heavy atom. The quantitative estimate of drug-likeness (QED) is 0.800. The van der Waals surface area contributed by atoms with Crippen LogP contribution in [-0.2, 0) is 9.59 Å². The van der Waals surface area contributed by atoms with Crippen molar-refractivity contribution in [3.05, 3.63) is 0 Å². The molecule has 1 aliphatic heterocycles. The van der Waals surface area contributed by atoms with E-state index in [-0.39, 0.29) is 42.6 Å². The van der Waals surface area contributed by atoms with Gasteiger partial charge in [0.25, 0.3) is 0 Å². The normalized spacial score (nSPS) is 31.5. The summed E-state index contributed by atoms with van der Waals surface area (Å²) in [5, 5.41) is 0. The maximum atomic E-state index is 13.1. The van der Waals surface area contributed by atoms with Crippen LogP contribution in [0.15, 0.2) is 0 Å². The Morgan fingerprint density at radius 2 is 1.75 bits per heavy atom. The minimum absolute atomic E-state index is 0. The second-order valence-corrected chi connectivity index (χ2v) is 5.71. The second kappa shape index (κ2) is 7.22. The standard InChI is InChI=1S/C13H22FN3O2.ClH/c14-10-5-6-17(7-10)13(19)11(15)8-1-3-9(4-2-8)12(16)18;/h8-11H,1-7,15H2,(H2,16,18);1H/t8-,9-,10-,11+;/m1./s1. The number of amides is 2. The average Bonchev–Trinajstić information content (AvgIpc) is 2.84. The third-order valence-corrected chi connectivity index (χ3v) is 4.41. The molecule has 2 fully saturated rings. The predicted octanol–water partition coefficient (Wildman–Crippen LogP) is 0.598. The van der Waals surface area contributed by atoms with Gasteiger partial charge in [-0.25, -0.2) is 4.39 Å². The number of alkyl halides is 1. The summed E-state index contributed by atoms with van der Waals surface area (Å²) >= 11 is 0. The van der Waals surface area contributed by atoms with E-state index in [2.05, 4.69) is 0 Å². The van der Waals surface area contributed by atoms with Crippen molar-refractivity contribution in [1.82, 2.24) is 4.90 Å². The Hall–Kier alpha value is -0.880. The Bertz CT molecular complexity index is 362. The number of carbonyl (C=O) groups is 2. The number of nitrogens with zero attached hydrogens (tertiary/aromatic N) is 1. The van der Waals surface area contributed by atoms with Crippen LogP contribution >= 0.6 is 12.4 Å². The zero-order valence-corrected chi connectivity index (χ0v) is 12.3. The van der Waals surface area contributed by atoms with Crippen LogP contribution in [0.5, 0.6) is 0 Å². The molecule has 1 heterocycles. The fraction of sp³-hybridized carbons (Fsp3) is 0.846. The monoisotopic (exact) mass is 307 g/mol. The van der Waals surface area contributed by atoms with E-state index < -0.39 is 12.2 Å². The van der Waals surface area contributed by atoms with Crippen LogP contribution in [0.4, 0.5) is 4.39 Å². The van der Waals surface area contributed by atoms with Crippen LogP contribution in [0.3, 0.4) is 0 Å². The lowest BCUT2D eigenvalue weighted by Gasteiger charge is -2.32. The molecule has 4 N–H and O–H groups in total. The van der Waals surface area contributed by atoms with Gasteiger partial charge in [-0.3, -0.25) is 9.59 Å². The average molecular weight is 308 g/mol. The van der Waals surface area contributed by atoms with Gasteiger partial charge in [0, 0.05) is 12.5 Å². The van der Waals surface area contributed by atoms with Crippen LogP contribution in [0.25, 0.3) is 0 Å². The largest absolute Gasteiger partial charge is 0.369 e. The fourth-order valence-electron chi connectivity index (χ4n) is 3.09. The predicted molar refractivity (Wildman–Crippen MR) is 76.0 cm³/mol. The van der Waals surface area contributed by atoms with Crippen molar-refractivity contribution in [2.24, 2.45) is 23.3 Å². The van der Waals surface area contributed by atoms with Gasteiger partial charge in [0.15, 0.2) is 0 Å². The molecule has 2 aliphatic rings. The maximum Gasteiger partial charge on any atom is 0.239 e. The van der Waals surface area contributed by atoms with Gasteiger partial charge < -0.3 is 16.4 Å². The first-order valence-corrected chi connectivity index (χ1v) is 6.96.